The van der Waals surface area contributed by atoms with E-state index in [0.717, 1.165) is 5.56 Å². The van der Waals surface area contributed by atoms with Gasteiger partial charge in [0.05, 0.1) is 45.0 Å². The summed E-state index contributed by atoms with van der Waals surface area (Å²) in [5, 5.41) is 0.939. The van der Waals surface area contributed by atoms with Gasteiger partial charge in [-0.2, -0.15) is 0 Å². The number of rotatable bonds is 7. The second kappa shape index (κ2) is 9.89. The molecule has 7 nitrogen and oxygen atoms in total. The number of benzene rings is 3. The van der Waals surface area contributed by atoms with E-state index in [9.17, 15) is 4.79 Å². The molecule has 0 atom stereocenters. The van der Waals surface area contributed by atoms with E-state index in [1.54, 1.807) is 77.0 Å². The fourth-order valence-electron chi connectivity index (χ4n) is 3.70. The average Bonchev–Trinajstić information content (AvgIpc) is 2.86. The van der Waals surface area contributed by atoms with E-state index in [1.807, 2.05) is 18.2 Å². The molecule has 4 rings (SSSR count). The van der Waals surface area contributed by atoms with Crippen molar-refractivity contribution in [2.75, 3.05) is 28.4 Å². The van der Waals surface area contributed by atoms with Crippen LogP contribution in [0.4, 0.5) is 0 Å². The molecule has 0 spiro atoms. The Kier molecular flexibility index (Phi) is 6.75. The molecule has 0 aliphatic carbocycles. The van der Waals surface area contributed by atoms with Gasteiger partial charge in [0.1, 0.15) is 11.6 Å². The predicted molar refractivity (Wildman–Crippen MR) is 134 cm³/mol. The molecule has 0 saturated carbocycles. The summed E-state index contributed by atoms with van der Waals surface area (Å²) in [5.41, 5.74) is 1.59. The maximum atomic E-state index is 13.6. The monoisotopic (exact) mass is 478 g/mol. The van der Waals surface area contributed by atoms with E-state index in [0.29, 0.717) is 50.4 Å². The van der Waals surface area contributed by atoms with E-state index < -0.39 is 0 Å². The SMILES string of the molecule is COc1ccccc1-n1c(/C=C/c2cc(OC)c(OC)c(OC)c2)nc2cc(Cl)ccc2c1=O. The lowest BCUT2D eigenvalue weighted by atomic mass is 10.1. The Hall–Kier alpha value is -3.97. The molecule has 0 unspecified atom stereocenters. The highest BCUT2D eigenvalue weighted by molar-refractivity contribution is 6.31. The lowest BCUT2D eigenvalue weighted by Crippen LogP contribution is -2.22. The summed E-state index contributed by atoms with van der Waals surface area (Å²) in [6.07, 6.45) is 3.56. The summed E-state index contributed by atoms with van der Waals surface area (Å²) in [6.45, 7) is 0. The van der Waals surface area contributed by atoms with Crippen LogP contribution in [-0.2, 0) is 0 Å². The van der Waals surface area contributed by atoms with Crippen molar-refractivity contribution < 1.29 is 18.9 Å². The summed E-state index contributed by atoms with van der Waals surface area (Å²) in [6, 6.07) is 15.9. The van der Waals surface area contributed by atoms with Gasteiger partial charge in [-0.05, 0) is 54.1 Å². The normalized spacial score (nSPS) is 11.1. The van der Waals surface area contributed by atoms with Crippen LogP contribution < -0.4 is 24.5 Å². The van der Waals surface area contributed by atoms with Gasteiger partial charge in [0, 0.05) is 5.02 Å². The zero-order valence-corrected chi connectivity index (χ0v) is 19.9. The third-order valence-corrected chi connectivity index (χ3v) is 5.53. The van der Waals surface area contributed by atoms with Crippen LogP contribution in [0.15, 0.2) is 59.4 Å². The number of aromatic nitrogens is 2. The van der Waals surface area contributed by atoms with E-state index in [1.165, 1.54) is 4.57 Å². The first kappa shape index (κ1) is 23.2. The van der Waals surface area contributed by atoms with Gasteiger partial charge in [0.15, 0.2) is 11.5 Å². The molecule has 0 fully saturated rings. The maximum Gasteiger partial charge on any atom is 0.266 e. The Morgan fingerprint density at radius 3 is 2.15 bits per heavy atom. The van der Waals surface area contributed by atoms with E-state index in [2.05, 4.69) is 0 Å². The molecule has 8 heteroatoms. The third kappa shape index (κ3) is 4.30. The van der Waals surface area contributed by atoms with Crippen molar-refractivity contribution in [1.29, 1.82) is 0 Å². The van der Waals surface area contributed by atoms with E-state index in [4.69, 9.17) is 35.5 Å². The first-order chi connectivity index (χ1) is 16.5. The smallest absolute Gasteiger partial charge is 0.266 e. The summed E-state index contributed by atoms with van der Waals surface area (Å²) in [7, 11) is 6.22. The topological polar surface area (TPSA) is 71.8 Å². The summed E-state index contributed by atoms with van der Waals surface area (Å²) in [4.78, 5) is 18.3. The minimum Gasteiger partial charge on any atom is -0.495 e. The molecule has 3 aromatic carbocycles. The number of hydrogen-bond donors (Lipinski definition) is 0. The largest absolute Gasteiger partial charge is 0.495 e. The molecule has 0 bridgehead atoms. The predicted octanol–water partition coefficient (Wildman–Crippen LogP) is 5.24. The lowest BCUT2D eigenvalue weighted by Gasteiger charge is -2.15. The van der Waals surface area contributed by atoms with Crippen LogP contribution in [0.1, 0.15) is 11.4 Å². The number of nitrogens with zero attached hydrogens (tertiary/aromatic N) is 2. The van der Waals surface area contributed by atoms with Gasteiger partial charge in [-0.3, -0.25) is 9.36 Å². The van der Waals surface area contributed by atoms with Crippen molar-refractivity contribution in [2.24, 2.45) is 0 Å². The van der Waals surface area contributed by atoms with Crippen molar-refractivity contribution in [2.45, 2.75) is 0 Å². The third-order valence-electron chi connectivity index (χ3n) is 5.30. The Bertz CT molecular complexity index is 1420. The maximum absolute atomic E-state index is 13.6. The molecule has 0 radical (unpaired) electrons. The number of fused-ring (bicyclic) bond motifs is 1. The van der Waals surface area contributed by atoms with Gasteiger partial charge in [0.25, 0.3) is 5.56 Å². The van der Waals surface area contributed by atoms with E-state index in [-0.39, 0.29) is 5.56 Å². The highest BCUT2D eigenvalue weighted by Gasteiger charge is 2.16. The number of para-hydroxylation sites is 2. The molecular weight excluding hydrogens is 456 g/mol. The average molecular weight is 479 g/mol. The Balaban J connectivity index is 1.95. The van der Waals surface area contributed by atoms with E-state index >= 15 is 0 Å². The Morgan fingerprint density at radius 1 is 0.824 bits per heavy atom. The van der Waals surface area contributed by atoms with Gasteiger partial charge >= 0.3 is 0 Å². The quantitative estimate of drug-likeness (QED) is 0.361. The molecule has 0 aliphatic heterocycles. The van der Waals surface area contributed by atoms with Crippen LogP contribution >= 0.6 is 11.6 Å². The molecule has 1 heterocycles. The van der Waals surface area contributed by atoms with Gasteiger partial charge in [-0.15, -0.1) is 0 Å². The van der Waals surface area contributed by atoms with Crippen LogP contribution in [0.5, 0.6) is 23.0 Å². The van der Waals surface area contributed by atoms with Crippen molar-refractivity contribution in [3.05, 3.63) is 81.4 Å². The highest BCUT2D eigenvalue weighted by atomic mass is 35.5. The number of ether oxygens (including phenoxy) is 4. The van der Waals surface area contributed by atoms with Crippen LogP contribution in [-0.4, -0.2) is 38.0 Å². The van der Waals surface area contributed by atoms with Gasteiger partial charge in [-0.1, -0.05) is 29.8 Å². The van der Waals surface area contributed by atoms with Crippen molar-refractivity contribution in [1.82, 2.24) is 9.55 Å². The van der Waals surface area contributed by atoms with Crippen molar-refractivity contribution in [3.8, 4) is 28.7 Å². The molecule has 174 valence electrons. The number of methoxy groups -OCH3 is 4. The van der Waals surface area contributed by atoms with Crippen molar-refractivity contribution in [3.63, 3.8) is 0 Å². The molecule has 34 heavy (non-hydrogen) atoms. The summed E-state index contributed by atoms with van der Waals surface area (Å²) in [5.74, 6) is 2.47. The second-order valence-electron chi connectivity index (χ2n) is 7.24. The zero-order valence-electron chi connectivity index (χ0n) is 19.2. The molecule has 4 aromatic rings. The zero-order chi connectivity index (χ0) is 24.2. The fraction of sp³-hybridized carbons (Fsp3) is 0.154. The fourth-order valence-corrected chi connectivity index (χ4v) is 3.87. The second-order valence-corrected chi connectivity index (χ2v) is 7.67. The van der Waals surface area contributed by atoms with Crippen molar-refractivity contribution >= 4 is 34.7 Å². The molecule has 0 N–H and O–H groups in total. The highest BCUT2D eigenvalue weighted by Crippen LogP contribution is 2.38. The molecule has 1 aromatic heterocycles. The molecule has 0 aliphatic rings. The van der Waals surface area contributed by atoms with Gasteiger partial charge in [0.2, 0.25) is 5.75 Å². The standard InChI is InChI=1S/C26H23ClN2O5/c1-31-21-8-6-5-7-20(21)29-24(28-19-15-17(27)10-11-18(19)26(29)30)12-9-16-13-22(32-2)25(34-4)23(14-16)33-3/h5-15H,1-4H3/b12-9+. The van der Waals surface area contributed by atoms with Gasteiger partial charge < -0.3 is 18.9 Å². The van der Waals surface area contributed by atoms with Crippen LogP contribution in [0.25, 0.3) is 28.7 Å². The number of halogens is 1. The van der Waals surface area contributed by atoms with Crippen LogP contribution in [0.3, 0.4) is 0 Å². The minimum absolute atomic E-state index is 0.240. The van der Waals surface area contributed by atoms with Gasteiger partial charge in [-0.25, -0.2) is 4.98 Å². The molecular formula is C26H23ClN2O5. The van der Waals surface area contributed by atoms with Crippen LogP contribution in [0.2, 0.25) is 5.02 Å². The first-order valence-corrected chi connectivity index (χ1v) is 10.7. The molecule has 0 amide bonds. The molecule has 0 saturated heterocycles. The first-order valence-electron chi connectivity index (χ1n) is 10.3. The lowest BCUT2D eigenvalue weighted by molar-refractivity contribution is 0.324. The minimum atomic E-state index is -0.240. The Labute approximate surface area is 201 Å². The summed E-state index contributed by atoms with van der Waals surface area (Å²) < 4.78 is 23.3. The van der Waals surface area contributed by atoms with Crippen LogP contribution in [0, 0.1) is 0 Å². The Morgan fingerprint density at radius 2 is 1.50 bits per heavy atom. The number of hydrogen-bond acceptors (Lipinski definition) is 6. The summed E-state index contributed by atoms with van der Waals surface area (Å²) >= 11 is 6.17.